The predicted octanol–water partition coefficient (Wildman–Crippen LogP) is 6.52. The van der Waals surface area contributed by atoms with Crippen molar-refractivity contribution in [3.8, 4) is 11.5 Å². The maximum Gasteiger partial charge on any atom is 0.269 e. The summed E-state index contributed by atoms with van der Waals surface area (Å²) in [5, 5.41) is 2.14. The number of fused-ring (bicyclic) bond motifs is 1. The van der Waals surface area contributed by atoms with Gasteiger partial charge in [0.15, 0.2) is 5.17 Å². The van der Waals surface area contributed by atoms with Crippen LogP contribution in [0.5, 0.6) is 11.5 Å². The molecule has 0 bridgehead atoms. The second kappa shape index (κ2) is 10.3. The molecule has 33 heavy (non-hydrogen) atoms. The van der Waals surface area contributed by atoms with Gasteiger partial charge in [0.25, 0.3) is 5.91 Å². The minimum absolute atomic E-state index is 0.0195. The van der Waals surface area contributed by atoms with Gasteiger partial charge < -0.3 is 14.4 Å². The van der Waals surface area contributed by atoms with Crippen LogP contribution in [0.2, 0.25) is 5.02 Å². The first-order valence-corrected chi connectivity index (χ1v) is 12.8. The van der Waals surface area contributed by atoms with Gasteiger partial charge in [0.1, 0.15) is 27.1 Å². The van der Waals surface area contributed by atoms with Crippen molar-refractivity contribution in [2.75, 3.05) is 32.2 Å². The van der Waals surface area contributed by atoms with Crippen LogP contribution in [0.3, 0.4) is 0 Å². The van der Waals surface area contributed by atoms with Crippen molar-refractivity contribution in [3.63, 3.8) is 0 Å². The Morgan fingerprint density at radius 2 is 1.85 bits per heavy atom. The van der Waals surface area contributed by atoms with Gasteiger partial charge in [0.2, 0.25) is 0 Å². The molecule has 0 spiro atoms. The molecule has 1 amide bonds. The van der Waals surface area contributed by atoms with Crippen LogP contribution < -0.4 is 14.4 Å². The topological polar surface area (TPSA) is 54.4 Å². The molecule has 2 aliphatic rings. The molecular weight excluding hydrogens is 478 g/mol. The third kappa shape index (κ3) is 4.69. The summed E-state index contributed by atoms with van der Waals surface area (Å²) in [5.74, 6) is 1.39. The van der Waals surface area contributed by atoms with Crippen LogP contribution in [0.25, 0.3) is 0 Å². The molecule has 0 N–H and O–H groups in total. The Kier molecular flexibility index (Phi) is 7.46. The highest BCUT2D eigenvalue weighted by Crippen LogP contribution is 2.51. The van der Waals surface area contributed by atoms with E-state index < -0.39 is 0 Å². The average molecular weight is 504 g/mol. The highest BCUT2D eigenvalue weighted by atomic mass is 35.5. The number of ether oxygens (including phenoxy) is 2. The number of hydrogen-bond acceptors (Lipinski definition) is 7. The highest BCUT2D eigenvalue weighted by molar-refractivity contribution is 8.19. The second-order valence-electron chi connectivity index (χ2n) is 7.44. The summed E-state index contributed by atoms with van der Waals surface area (Å²) >= 11 is 9.23. The van der Waals surface area contributed by atoms with Crippen molar-refractivity contribution in [1.29, 1.82) is 0 Å². The van der Waals surface area contributed by atoms with Crippen LogP contribution in [0.4, 0.5) is 11.4 Å². The summed E-state index contributed by atoms with van der Waals surface area (Å²) in [7, 11) is 3.26. The van der Waals surface area contributed by atoms with Gasteiger partial charge in [-0.1, -0.05) is 36.7 Å². The van der Waals surface area contributed by atoms with Gasteiger partial charge >= 0.3 is 0 Å². The third-order valence-electron chi connectivity index (χ3n) is 5.38. The van der Waals surface area contributed by atoms with E-state index in [0.717, 1.165) is 40.7 Å². The van der Waals surface area contributed by atoms with Gasteiger partial charge in [-0.3, -0.25) is 9.69 Å². The summed E-state index contributed by atoms with van der Waals surface area (Å²) in [6.45, 7) is 5.54. The molecule has 2 aromatic carbocycles. The molecule has 1 saturated heterocycles. The number of thioether (sulfide) groups is 2. The number of halogens is 1. The van der Waals surface area contributed by atoms with E-state index in [4.69, 9.17) is 26.1 Å². The maximum absolute atomic E-state index is 13.6. The summed E-state index contributed by atoms with van der Waals surface area (Å²) in [4.78, 5) is 24.2. The molecule has 4 rings (SSSR count). The normalized spacial score (nSPS) is 18.9. The minimum Gasteiger partial charge on any atom is -0.497 e. The number of benzene rings is 2. The second-order valence-corrected chi connectivity index (χ2v) is 9.88. The molecule has 0 aromatic heterocycles. The minimum atomic E-state index is -0.0195. The number of amides is 1. The van der Waals surface area contributed by atoms with Crippen molar-refractivity contribution >= 4 is 57.6 Å². The number of anilines is 1. The molecule has 0 saturated carbocycles. The van der Waals surface area contributed by atoms with Crippen molar-refractivity contribution in [2.45, 2.75) is 31.6 Å². The van der Waals surface area contributed by atoms with E-state index in [1.165, 1.54) is 11.8 Å². The lowest BCUT2D eigenvalue weighted by atomic mass is 10.2. The van der Waals surface area contributed by atoms with Gasteiger partial charge in [-0.15, -0.1) is 0 Å². The molecule has 2 aliphatic heterocycles. The van der Waals surface area contributed by atoms with Crippen molar-refractivity contribution in [1.82, 2.24) is 4.90 Å². The third-order valence-corrected chi connectivity index (χ3v) is 7.99. The Balaban J connectivity index is 1.77. The van der Waals surface area contributed by atoms with Crippen molar-refractivity contribution < 1.29 is 14.3 Å². The van der Waals surface area contributed by atoms with E-state index in [2.05, 4.69) is 18.7 Å². The molecule has 0 unspecified atom stereocenters. The Morgan fingerprint density at radius 1 is 1.03 bits per heavy atom. The summed E-state index contributed by atoms with van der Waals surface area (Å²) in [6, 6.07) is 11.3. The molecule has 2 heterocycles. The molecular formula is C24H26ClN3O3S2. The fraction of sp³-hybridized carbons (Fsp3) is 0.333. The first-order chi connectivity index (χ1) is 16.0. The standard InChI is InChI=1S/C24H26ClN3O3S2/c1-5-7-12-28-22(29)21(33-24(28)26-17-13-15(25)8-10-19(17)31-4)23-27(6-2)18-14-16(30-3)9-11-20(18)32-23/h8-11,13-14H,5-7,12H2,1-4H3/b23-21-,26-24?. The summed E-state index contributed by atoms with van der Waals surface area (Å²) in [6.07, 6.45) is 1.87. The number of methoxy groups -OCH3 is 2. The van der Waals surface area contributed by atoms with Crippen LogP contribution in [0.15, 0.2) is 56.2 Å². The molecule has 1 fully saturated rings. The lowest BCUT2D eigenvalue weighted by Gasteiger charge is -2.19. The van der Waals surface area contributed by atoms with Crippen LogP contribution in [-0.2, 0) is 4.79 Å². The number of unbranched alkanes of at least 4 members (excludes halogenated alkanes) is 1. The monoisotopic (exact) mass is 503 g/mol. The Bertz CT molecular complexity index is 1140. The Labute approximate surface area is 208 Å². The summed E-state index contributed by atoms with van der Waals surface area (Å²) in [5.41, 5.74) is 1.66. The van der Waals surface area contributed by atoms with Crippen LogP contribution in [0, 0.1) is 0 Å². The molecule has 174 valence electrons. The fourth-order valence-corrected chi connectivity index (χ4v) is 6.22. The van der Waals surface area contributed by atoms with Gasteiger partial charge in [0.05, 0.1) is 19.9 Å². The molecule has 0 radical (unpaired) electrons. The SMILES string of the molecule is CCCCN1C(=O)/C(=C2/Sc3ccc(OC)cc3N2CC)SC1=Nc1cc(Cl)ccc1OC. The number of amidine groups is 1. The van der Waals surface area contributed by atoms with E-state index in [-0.39, 0.29) is 5.91 Å². The molecule has 9 heteroatoms. The van der Waals surface area contributed by atoms with Gasteiger partial charge in [-0.05, 0) is 55.4 Å². The number of rotatable bonds is 7. The first-order valence-electron chi connectivity index (χ1n) is 10.8. The average Bonchev–Trinajstić information content (AvgIpc) is 3.33. The largest absolute Gasteiger partial charge is 0.497 e. The zero-order valence-electron chi connectivity index (χ0n) is 19.1. The molecule has 0 atom stereocenters. The van der Waals surface area contributed by atoms with E-state index in [1.807, 2.05) is 18.2 Å². The Hall–Kier alpha value is -2.29. The number of carbonyl (C=O) groups excluding carboxylic acids is 1. The van der Waals surface area contributed by atoms with Crippen LogP contribution >= 0.6 is 35.1 Å². The zero-order valence-corrected chi connectivity index (χ0v) is 21.4. The number of nitrogens with zero attached hydrogens (tertiary/aromatic N) is 3. The molecule has 2 aromatic rings. The lowest BCUT2D eigenvalue weighted by molar-refractivity contribution is -0.122. The molecule has 0 aliphatic carbocycles. The van der Waals surface area contributed by atoms with E-state index in [0.29, 0.717) is 33.1 Å². The van der Waals surface area contributed by atoms with E-state index in [9.17, 15) is 4.79 Å². The van der Waals surface area contributed by atoms with Crippen LogP contribution in [0.1, 0.15) is 26.7 Å². The van der Waals surface area contributed by atoms with Gasteiger partial charge in [-0.2, -0.15) is 0 Å². The zero-order chi connectivity index (χ0) is 23.5. The van der Waals surface area contributed by atoms with Gasteiger partial charge in [-0.25, -0.2) is 4.99 Å². The maximum atomic E-state index is 13.6. The van der Waals surface area contributed by atoms with E-state index >= 15 is 0 Å². The summed E-state index contributed by atoms with van der Waals surface area (Å²) < 4.78 is 10.9. The van der Waals surface area contributed by atoms with E-state index in [1.54, 1.807) is 49.1 Å². The number of carbonyl (C=O) groups is 1. The number of aliphatic imine (C=N–C) groups is 1. The van der Waals surface area contributed by atoms with Gasteiger partial charge in [0, 0.05) is 29.1 Å². The fourth-order valence-electron chi connectivity index (χ4n) is 3.66. The Morgan fingerprint density at radius 3 is 2.55 bits per heavy atom. The van der Waals surface area contributed by atoms with Crippen molar-refractivity contribution in [3.05, 3.63) is 51.4 Å². The lowest BCUT2D eigenvalue weighted by Crippen LogP contribution is -2.30. The molecule has 6 nitrogen and oxygen atoms in total. The highest BCUT2D eigenvalue weighted by Gasteiger charge is 2.39. The number of hydrogen-bond donors (Lipinski definition) is 0. The smallest absolute Gasteiger partial charge is 0.269 e. The van der Waals surface area contributed by atoms with Crippen LogP contribution in [-0.4, -0.2) is 43.3 Å². The first kappa shape index (κ1) is 23.9. The quantitative estimate of drug-likeness (QED) is 0.401. The van der Waals surface area contributed by atoms with Crippen molar-refractivity contribution in [2.24, 2.45) is 4.99 Å². The predicted molar refractivity (Wildman–Crippen MR) is 138 cm³/mol.